The Morgan fingerprint density at radius 3 is 2.83 bits per heavy atom. The molecule has 1 atom stereocenters. The van der Waals surface area contributed by atoms with Gasteiger partial charge in [-0.25, -0.2) is 0 Å². The Morgan fingerprint density at radius 1 is 1.08 bits per heavy atom. The highest BCUT2D eigenvalue weighted by Gasteiger charge is 2.24. The quantitative estimate of drug-likeness (QED) is 0.753. The fourth-order valence-electron chi connectivity index (χ4n) is 3.28. The molecule has 0 amide bonds. The van der Waals surface area contributed by atoms with E-state index < -0.39 is 0 Å². The van der Waals surface area contributed by atoms with E-state index in [9.17, 15) is 0 Å². The molecule has 1 aliphatic heterocycles. The second-order valence-electron chi connectivity index (χ2n) is 6.15. The molecule has 1 aromatic carbocycles. The van der Waals surface area contributed by atoms with Crippen LogP contribution in [0.15, 0.2) is 55.1 Å². The maximum absolute atomic E-state index is 4.52. The highest BCUT2D eigenvalue weighted by atomic mass is 15.3. The van der Waals surface area contributed by atoms with Crippen molar-refractivity contribution in [3.8, 4) is 11.1 Å². The van der Waals surface area contributed by atoms with Gasteiger partial charge in [-0.3, -0.25) is 14.7 Å². The van der Waals surface area contributed by atoms with Gasteiger partial charge in [-0.05, 0) is 5.56 Å². The molecule has 6 nitrogen and oxygen atoms in total. The Bertz CT molecular complexity index is 749. The van der Waals surface area contributed by atoms with E-state index in [1.165, 1.54) is 16.7 Å². The van der Waals surface area contributed by atoms with Crippen LogP contribution in [-0.4, -0.2) is 51.1 Å². The molecule has 1 fully saturated rings. The molecule has 0 spiro atoms. The van der Waals surface area contributed by atoms with Gasteiger partial charge in [0.1, 0.15) is 0 Å². The summed E-state index contributed by atoms with van der Waals surface area (Å²) >= 11 is 0. The van der Waals surface area contributed by atoms with E-state index in [1.54, 1.807) is 0 Å². The topological polar surface area (TPSA) is 61.8 Å². The summed E-state index contributed by atoms with van der Waals surface area (Å²) in [5.41, 5.74) is 3.62. The summed E-state index contributed by atoms with van der Waals surface area (Å²) in [6.07, 6.45) is 7.99. The van der Waals surface area contributed by atoms with Crippen LogP contribution in [0.25, 0.3) is 11.1 Å². The first kappa shape index (κ1) is 15.1. The Hall–Kier alpha value is -2.44. The minimum atomic E-state index is 0.377. The average Bonchev–Trinajstić information content (AvgIpc) is 3.33. The molecule has 2 aromatic heterocycles. The smallest absolute Gasteiger partial charge is 0.0568 e. The lowest BCUT2D eigenvalue weighted by atomic mass is 10.1. The molecule has 1 aliphatic rings. The number of hydrogen-bond donors (Lipinski definition) is 2. The molecule has 0 saturated carbocycles. The number of aromatic amines is 1. The molecule has 0 bridgehead atoms. The van der Waals surface area contributed by atoms with Gasteiger partial charge in [0.25, 0.3) is 0 Å². The van der Waals surface area contributed by atoms with Crippen LogP contribution in [-0.2, 0) is 6.54 Å². The van der Waals surface area contributed by atoms with Gasteiger partial charge < -0.3 is 5.32 Å². The standard InChI is InChI=1S/C18H22N6/c1-2-4-15(5-3-1)17-12-22-24(14-17)9-8-23-7-6-19-13-18(23)16-10-20-21-11-16/h1-5,10-12,14,18-19H,6-9,13H2,(H,20,21). The molecule has 3 aromatic rings. The first-order chi connectivity index (χ1) is 11.9. The Balaban J connectivity index is 1.42. The number of H-pyrrole nitrogens is 1. The van der Waals surface area contributed by atoms with Crippen molar-refractivity contribution in [2.45, 2.75) is 12.6 Å². The first-order valence-corrected chi connectivity index (χ1v) is 8.41. The summed E-state index contributed by atoms with van der Waals surface area (Å²) in [5, 5.41) is 15.0. The molecule has 124 valence electrons. The van der Waals surface area contributed by atoms with Gasteiger partial charge >= 0.3 is 0 Å². The van der Waals surface area contributed by atoms with Crippen LogP contribution < -0.4 is 5.32 Å². The molecular weight excluding hydrogens is 300 g/mol. The predicted molar refractivity (Wildman–Crippen MR) is 93.4 cm³/mol. The predicted octanol–water partition coefficient (Wildman–Crippen LogP) is 1.92. The summed E-state index contributed by atoms with van der Waals surface area (Å²) in [6, 6.07) is 10.8. The summed E-state index contributed by atoms with van der Waals surface area (Å²) in [6.45, 7) is 4.91. The molecule has 24 heavy (non-hydrogen) atoms. The number of hydrogen-bond acceptors (Lipinski definition) is 4. The molecule has 6 heteroatoms. The van der Waals surface area contributed by atoms with Gasteiger partial charge in [0.2, 0.25) is 0 Å². The highest BCUT2D eigenvalue weighted by Crippen LogP contribution is 2.21. The fourth-order valence-corrected chi connectivity index (χ4v) is 3.28. The van der Waals surface area contributed by atoms with Crippen molar-refractivity contribution in [2.24, 2.45) is 0 Å². The van der Waals surface area contributed by atoms with Crippen LogP contribution in [0.1, 0.15) is 11.6 Å². The zero-order chi connectivity index (χ0) is 16.2. The first-order valence-electron chi connectivity index (χ1n) is 8.41. The summed E-state index contributed by atoms with van der Waals surface area (Å²) < 4.78 is 2.04. The largest absolute Gasteiger partial charge is 0.314 e. The van der Waals surface area contributed by atoms with E-state index in [4.69, 9.17) is 0 Å². The lowest BCUT2D eigenvalue weighted by molar-refractivity contribution is 0.154. The molecule has 2 N–H and O–H groups in total. The highest BCUT2D eigenvalue weighted by molar-refractivity contribution is 5.61. The summed E-state index contributed by atoms with van der Waals surface area (Å²) in [4.78, 5) is 2.51. The number of nitrogens with one attached hydrogen (secondary N) is 2. The lowest BCUT2D eigenvalue weighted by Crippen LogP contribution is -2.46. The maximum Gasteiger partial charge on any atom is 0.0568 e. The van der Waals surface area contributed by atoms with Gasteiger partial charge in [-0.15, -0.1) is 0 Å². The number of piperazine rings is 1. The van der Waals surface area contributed by atoms with Crippen LogP contribution >= 0.6 is 0 Å². The maximum atomic E-state index is 4.52. The number of benzene rings is 1. The van der Waals surface area contributed by atoms with Gasteiger partial charge in [0.05, 0.1) is 25.0 Å². The van der Waals surface area contributed by atoms with Gasteiger partial charge in [-0.1, -0.05) is 30.3 Å². The third-order valence-electron chi connectivity index (χ3n) is 4.62. The van der Waals surface area contributed by atoms with E-state index in [0.717, 1.165) is 32.7 Å². The molecule has 0 radical (unpaired) electrons. The second-order valence-corrected chi connectivity index (χ2v) is 6.15. The molecular formula is C18H22N6. The zero-order valence-electron chi connectivity index (χ0n) is 13.6. The van der Waals surface area contributed by atoms with Crippen LogP contribution in [0.4, 0.5) is 0 Å². The van der Waals surface area contributed by atoms with Crippen LogP contribution in [0.2, 0.25) is 0 Å². The Morgan fingerprint density at radius 2 is 2.00 bits per heavy atom. The average molecular weight is 322 g/mol. The Kier molecular flexibility index (Phi) is 4.40. The Labute approximate surface area is 141 Å². The van der Waals surface area contributed by atoms with E-state index in [-0.39, 0.29) is 0 Å². The minimum Gasteiger partial charge on any atom is -0.314 e. The van der Waals surface area contributed by atoms with Gasteiger partial charge in [0.15, 0.2) is 0 Å². The molecule has 0 aliphatic carbocycles. The third-order valence-corrected chi connectivity index (χ3v) is 4.62. The van der Waals surface area contributed by atoms with Crippen LogP contribution in [0.3, 0.4) is 0 Å². The second kappa shape index (κ2) is 6.98. The molecule has 4 rings (SSSR count). The minimum absolute atomic E-state index is 0.377. The van der Waals surface area contributed by atoms with Crippen molar-refractivity contribution in [1.82, 2.24) is 30.2 Å². The summed E-state index contributed by atoms with van der Waals surface area (Å²) in [7, 11) is 0. The lowest BCUT2D eigenvalue weighted by Gasteiger charge is -2.35. The fraction of sp³-hybridized carbons (Fsp3) is 0.333. The van der Waals surface area contributed by atoms with E-state index in [2.05, 4.69) is 56.0 Å². The summed E-state index contributed by atoms with van der Waals surface area (Å²) in [5.74, 6) is 0. The third kappa shape index (κ3) is 3.25. The van der Waals surface area contributed by atoms with Crippen molar-refractivity contribution in [3.05, 3.63) is 60.7 Å². The van der Waals surface area contributed by atoms with Crippen molar-refractivity contribution in [1.29, 1.82) is 0 Å². The van der Waals surface area contributed by atoms with Crippen molar-refractivity contribution in [2.75, 3.05) is 26.2 Å². The molecule has 1 unspecified atom stereocenters. The van der Waals surface area contributed by atoms with E-state index >= 15 is 0 Å². The zero-order valence-corrected chi connectivity index (χ0v) is 13.6. The van der Waals surface area contributed by atoms with Gasteiger partial charge in [-0.2, -0.15) is 10.2 Å². The van der Waals surface area contributed by atoms with Crippen molar-refractivity contribution in [3.63, 3.8) is 0 Å². The van der Waals surface area contributed by atoms with E-state index in [1.807, 2.05) is 29.3 Å². The van der Waals surface area contributed by atoms with Crippen molar-refractivity contribution >= 4 is 0 Å². The number of aromatic nitrogens is 4. The van der Waals surface area contributed by atoms with Crippen LogP contribution in [0.5, 0.6) is 0 Å². The van der Waals surface area contributed by atoms with Gasteiger partial charge in [0, 0.05) is 49.7 Å². The SMILES string of the molecule is c1ccc(-c2cnn(CCN3CCNCC3c3cn[nH]c3)c2)cc1. The van der Waals surface area contributed by atoms with Crippen molar-refractivity contribution < 1.29 is 0 Å². The molecule has 1 saturated heterocycles. The monoisotopic (exact) mass is 322 g/mol. The van der Waals surface area contributed by atoms with E-state index in [0.29, 0.717) is 6.04 Å². The van der Waals surface area contributed by atoms with Crippen LogP contribution in [0, 0.1) is 0 Å². The number of rotatable bonds is 5. The normalized spacial score (nSPS) is 18.8. The number of nitrogens with zero attached hydrogens (tertiary/aromatic N) is 4. The molecule has 3 heterocycles.